The van der Waals surface area contributed by atoms with Crippen LogP contribution in [0.2, 0.25) is 0 Å². The van der Waals surface area contributed by atoms with Crippen molar-refractivity contribution in [2.75, 3.05) is 13.2 Å². The van der Waals surface area contributed by atoms with E-state index in [0.717, 1.165) is 0 Å². The molecule has 1 fully saturated rings. The first-order chi connectivity index (χ1) is 8.90. The van der Waals surface area contributed by atoms with Crippen LogP contribution in [0, 0.1) is 0 Å². The molecule has 0 saturated carbocycles. The smallest absolute Gasteiger partial charge is 0.440 e. The number of halogens is 4. The van der Waals surface area contributed by atoms with Crippen LogP contribution in [0.15, 0.2) is 0 Å². The normalized spacial score (nSPS) is 21.9. The van der Waals surface area contributed by atoms with Gasteiger partial charge in [0, 0.05) is 47.1 Å². The molecule has 19 heavy (non-hydrogen) atoms. The number of nitrogens with zero attached hydrogens (tertiary/aromatic N) is 2. The van der Waals surface area contributed by atoms with Crippen LogP contribution in [0.1, 0.15) is 12.8 Å². The number of rotatable bonds is 4. The molecule has 1 saturated heterocycles. The molecule has 2 atom stereocenters. The van der Waals surface area contributed by atoms with Gasteiger partial charge in [0.1, 0.15) is 13.2 Å². The summed E-state index contributed by atoms with van der Waals surface area (Å²) in [6.07, 6.45) is -1.09. The lowest BCUT2D eigenvalue weighted by molar-refractivity contribution is -0.0212. The molecule has 0 unspecified atom stereocenters. The molecule has 7 nitrogen and oxygen atoms in total. The van der Waals surface area contributed by atoms with Crippen LogP contribution in [0.25, 0.3) is 0 Å². The van der Waals surface area contributed by atoms with Crippen LogP contribution in [0.5, 0.6) is 0 Å². The zero-order valence-electron chi connectivity index (χ0n) is 9.43. The third-order valence-electron chi connectivity index (χ3n) is 2.26. The average Bonchev–Trinajstić information content (AvgIpc) is 2.80. The molecular formula is C8H10Cl4N2O5. The molecule has 0 aromatic heterocycles. The summed E-state index contributed by atoms with van der Waals surface area (Å²) >= 11 is 20.6. The molecule has 1 rings (SSSR count). The van der Waals surface area contributed by atoms with Gasteiger partial charge in [-0.25, -0.2) is 9.59 Å². The Balaban J connectivity index is 2.19. The van der Waals surface area contributed by atoms with Crippen molar-refractivity contribution in [3.8, 4) is 0 Å². The van der Waals surface area contributed by atoms with Gasteiger partial charge in [-0.2, -0.15) is 0 Å². The van der Waals surface area contributed by atoms with E-state index >= 15 is 0 Å². The fourth-order valence-electron chi connectivity index (χ4n) is 1.45. The van der Waals surface area contributed by atoms with E-state index in [1.54, 1.807) is 0 Å². The van der Waals surface area contributed by atoms with Crippen molar-refractivity contribution in [3.05, 3.63) is 0 Å². The van der Waals surface area contributed by atoms with Gasteiger partial charge < -0.3 is 14.2 Å². The van der Waals surface area contributed by atoms with Gasteiger partial charge in [0.05, 0.1) is 12.2 Å². The van der Waals surface area contributed by atoms with E-state index in [-0.39, 0.29) is 33.3 Å². The molecule has 11 heteroatoms. The third-order valence-corrected chi connectivity index (χ3v) is 2.81. The maximum absolute atomic E-state index is 11.0. The second kappa shape index (κ2) is 8.06. The minimum Gasteiger partial charge on any atom is -0.445 e. The van der Waals surface area contributed by atoms with Crippen molar-refractivity contribution in [1.82, 2.24) is 7.88 Å². The first-order valence-electron chi connectivity index (χ1n) is 5.12. The van der Waals surface area contributed by atoms with E-state index in [4.69, 9.17) is 61.3 Å². The third kappa shape index (κ3) is 6.09. The molecule has 0 radical (unpaired) electrons. The topological polar surface area (TPSA) is 68.3 Å². The molecule has 0 N–H and O–H groups in total. The largest absolute Gasteiger partial charge is 0.445 e. The van der Waals surface area contributed by atoms with Crippen molar-refractivity contribution in [1.29, 1.82) is 0 Å². The van der Waals surface area contributed by atoms with Gasteiger partial charge >= 0.3 is 12.2 Å². The monoisotopic (exact) mass is 354 g/mol. The van der Waals surface area contributed by atoms with Gasteiger partial charge in [-0.15, -0.1) is 7.88 Å². The first kappa shape index (κ1) is 16.7. The number of carbonyl (C=O) groups is 2. The quantitative estimate of drug-likeness (QED) is 0.725. The molecule has 1 aliphatic heterocycles. The van der Waals surface area contributed by atoms with Crippen LogP contribution in [-0.2, 0) is 14.2 Å². The van der Waals surface area contributed by atoms with Crippen LogP contribution in [0.3, 0.4) is 0 Å². The molecule has 0 aromatic rings. The maximum atomic E-state index is 11.0. The van der Waals surface area contributed by atoms with E-state index in [1.807, 2.05) is 0 Å². The summed E-state index contributed by atoms with van der Waals surface area (Å²) in [5.74, 6) is 0. The van der Waals surface area contributed by atoms with Crippen molar-refractivity contribution in [2.45, 2.75) is 25.0 Å². The summed E-state index contributed by atoms with van der Waals surface area (Å²) in [4.78, 5) is 21.9. The molecule has 2 amide bonds. The van der Waals surface area contributed by atoms with Gasteiger partial charge in [0.15, 0.2) is 0 Å². The lowest BCUT2D eigenvalue weighted by atomic mass is 10.2. The van der Waals surface area contributed by atoms with Crippen LogP contribution >= 0.6 is 47.1 Å². The lowest BCUT2D eigenvalue weighted by Gasteiger charge is -2.14. The molecule has 0 spiro atoms. The minimum absolute atomic E-state index is 0.0103. The van der Waals surface area contributed by atoms with Gasteiger partial charge in [-0.05, 0) is 12.8 Å². The highest BCUT2D eigenvalue weighted by atomic mass is 35.5. The molecule has 0 aliphatic carbocycles. The summed E-state index contributed by atoms with van der Waals surface area (Å²) in [5, 5.41) is 0. The van der Waals surface area contributed by atoms with Gasteiger partial charge in [0.2, 0.25) is 0 Å². The minimum atomic E-state index is -0.887. The van der Waals surface area contributed by atoms with Crippen LogP contribution < -0.4 is 0 Å². The second-order valence-corrected chi connectivity index (χ2v) is 5.28. The Kier molecular flexibility index (Phi) is 7.09. The van der Waals surface area contributed by atoms with Crippen LogP contribution in [-0.4, -0.2) is 45.5 Å². The average molecular weight is 356 g/mol. The lowest BCUT2D eigenvalue weighted by Crippen LogP contribution is -2.25. The van der Waals surface area contributed by atoms with Crippen molar-refractivity contribution >= 4 is 59.3 Å². The highest BCUT2D eigenvalue weighted by Gasteiger charge is 2.28. The highest BCUT2D eigenvalue weighted by Crippen LogP contribution is 2.21. The molecular weight excluding hydrogens is 346 g/mol. The van der Waals surface area contributed by atoms with Crippen molar-refractivity contribution < 1.29 is 23.8 Å². The first-order valence-corrected chi connectivity index (χ1v) is 6.47. The van der Waals surface area contributed by atoms with E-state index in [2.05, 4.69) is 0 Å². The number of hydrogen-bond donors (Lipinski definition) is 0. The zero-order valence-corrected chi connectivity index (χ0v) is 12.5. The molecule has 0 aromatic carbocycles. The Labute approximate surface area is 129 Å². The van der Waals surface area contributed by atoms with E-state index in [1.165, 1.54) is 0 Å². The summed E-state index contributed by atoms with van der Waals surface area (Å²) in [6, 6.07) is 0. The summed E-state index contributed by atoms with van der Waals surface area (Å²) < 4.78 is 15.5. The van der Waals surface area contributed by atoms with Gasteiger partial charge in [-0.1, -0.05) is 0 Å². The highest BCUT2D eigenvalue weighted by molar-refractivity contribution is 6.41. The predicted octanol–water partition coefficient (Wildman–Crippen LogP) is 3.03. The number of amides is 2. The standard InChI is InChI=1S/C8H10Cl4N2O5/c9-13(10)7(15)17-3-5-1-2-6(19-5)4-18-8(16)14(11)12/h5-6H,1-4H2/t5-,6+. The Hall–Kier alpha value is -0.340. The molecule has 110 valence electrons. The Bertz CT molecular complexity index is 300. The zero-order chi connectivity index (χ0) is 14.4. The Morgan fingerprint density at radius 3 is 1.63 bits per heavy atom. The fourth-order valence-corrected chi connectivity index (χ4v) is 1.65. The van der Waals surface area contributed by atoms with Crippen LogP contribution in [0.4, 0.5) is 9.59 Å². The Morgan fingerprint density at radius 1 is 0.947 bits per heavy atom. The predicted molar refractivity (Wildman–Crippen MR) is 67.7 cm³/mol. The van der Waals surface area contributed by atoms with Gasteiger partial charge in [-0.3, -0.25) is 0 Å². The SMILES string of the molecule is O=C(OC[C@H]1CC[C@@H](COC(=O)N(Cl)Cl)O1)N(Cl)Cl. The molecule has 1 heterocycles. The fraction of sp³-hybridized carbons (Fsp3) is 0.750. The Morgan fingerprint density at radius 2 is 1.32 bits per heavy atom. The summed E-state index contributed by atoms with van der Waals surface area (Å²) in [7, 11) is 0. The van der Waals surface area contributed by atoms with E-state index in [0.29, 0.717) is 12.8 Å². The number of hydrogen-bond acceptors (Lipinski definition) is 5. The number of carbonyl (C=O) groups excluding carboxylic acids is 2. The van der Waals surface area contributed by atoms with E-state index in [9.17, 15) is 9.59 Å². The summed E-state index contributed by atoms with van der Waals surface area (Å²) in [6.45, 7) is 0.0205. The second-order valence-electron chi connectivity index (χ2n) is 3.58. The number of ether oxygens (including phenoxy) is 3. The maximum Gasteiger partial charge on any atom is 0.440 e. The van der Waals surface area contributed by atoms with Crippen molar-refractivity contribution in [2.24, 2.45) is 0 Å². The van der Waals surface area contributed by atoms with E-state index < -0.39 is 12.2 Å². The molecule has 0 bridgehead atoms. The van der Waals surface area contributed by atoms with Gasteiger partial charge in [0.25, 0.3) is 0 Å². The molecule has 1 aliphatic rings. The summed E-state index contributed by atoms with van der Waals surface area (Å²) in [5.41, 5.74) is 0. The van der Waals surface area contributed by atoms with Crippen molar-refractivity contribution in [3.63, 3.8) is 0 Å².